The lowest BCUT2D eigenvalue weighted by molar-refractivity contribution is 0.0978. The van der Waals surface area contributed by atoms with Crippen molar-refractivity contribution >= 4 is 11.6 Å². The predicted octanol–water partition coefficient (Wildman–Crippen LogP) is 12.5. The van der Waals surface area contributed by atoms with E-state index in [9.17, 15) is 9.59 Å². The molecule has 0 amide bonds. The fourth-order valence-electron chi connectivity index (χ4n) is 6.78. The van der Waals surface area contributed by atoms with Crippen LogP contribution in [0.25, 0.3) is 0 Å². The Bertz CT molecular complexity index is 1450. The molecule has 2 aromatic rings. The first kappa shape index (κ1) is 36.7. The maximum absolute atomic E-state index is 14.1. The number of allylic oxidation sites excluding steroid dienone is 4. The fourth-order valence-corrected chi connectivity index (χ4v) is 6.78. The van der Waals surface area contributed by atoms with Crippen LogP contribution < -0.4 is 0 Å². The third-order valence-electron chi connectivity index (χ3n) is 12.7. The van der Waals surface area contributed by atoms with Gasteiger partial charge >= 0.3 is 0 Å². The number of hydrogen-bond donors (Lipinski definition) is 0. The molecule has 1 aliphatic rings. The highest BCUT2D eigenvalue weighted by molar-refractivity contribution is 6.28. The van der Waals surface area contributed by atoms with Gasteiger partial charge in [0.25, 0.3) is 0 Å². The van der Waals surface area contributed by atoms with Crippen LogP contribution in [0.15, 0.2) is 59.7 Å². The monoisotopic (exact) mass is 610 g/mol. The largest absolute Gasteiger partial charge is 0.289 e. The van der Waals surface area contributed by atoms with Gasteiger partial charge in [-0.15, -0.1) is 0 Å². The summed E-state index contributed by atoms with van der Waals surface area (Å²) in [6, 6.07) is 12.1. The minimum Gasteiger partial charge on any atom is -0.289 e. The van der Waals surface area contributed by atoms with Gasteiger partial charge in [-0.2, -0.15) is 0 Å². The highest BCUT2D eigenvalue weighted by Gasteiger charge is 2.34. The van der Waals surface area contributed by atoms with E-state index >= 15 is 0 Å². The first-order valence-electron chi connectivity index (χ1n) is 17.8. The summed E-state index contributed by atoms with van der Waals surface area (Å²) in [4.78, 5) is 27.9. The summed E-state index contributed by atoms with van der Waals surface area (Å²) in [6.45, 7) is 27.4. The van der Waals surface area contributed by atoms with Crippen LogP contribution in [-0.4, -0.2) is 11.6 Å². The minimum absolute atomic E-state index is 0.0157. The fraction of sp³-hybridized carbons (Fsp3) is 0.581. The standard InChI is InChI=1S/C43H62O2/c1-13-40(8,9)30(6)20-18-26-42(11,16-4)32-22-24-34-36(28-32)39(45)37-29-33(23-25-35(37)38(34)44)43(12,17-5)27-19-21-31(7)41(10,14-2)15-3/h20-25,28-29H,13-19,26-27H2,1-12H3. The van der Waals surface area contributed by atoms with Crippen molar-refractivity contribution in [3.63, 3.8) is 0 Å². The SMILES string of the molecule is CCC(C)(C)C(C)=CCCC(C)(CC)c1ccc2c(c1)C(=O)c1cc(C(C)(CC)CCC=C(C)C(C)(CC)CC)ccc1C2=O. The van der Waals surface area contributed by atoms with Crippen molar-refractivity contribution in [3.05, 3.63) is 93.1 Å². The van der Waals surface area contributed by atoms with Crippen molar-refractivity contribution in [2.75, 3.05) is 0 Å². The summed E-state index contributed by atoms with van der Waals surface area (Å²) < 4.78 is 0. The van der Waals surface area contributed by atoms with Gasteiger partial charge in [0.05, 0.1) is 0 Å². The molecule has 2 heteroatoms. The van der Waals surface area contributed by atoms with E-state index in [0.717, 1.165) is 68.9 Å². The number of ketones is 2. The zero-order valence-electron chi connectivity index (χ0n) is 30.8. The molecule has 3 rings (SSSR count). The topological polar surface area (TPSA) is 34.1 Å². The van der Waals surface area contributed by atoms with E-state index < -0.39 is 0 Å². The van der Waals surface area contributed by atoms with E-state index in [1.807, 2.05) is 24.3 Å². The summed E-state index contributed by atoms with van der Waals surface area (Å²) in [7, 11) is 0. The van der Waals surface area contributed by atoms with E-state index in [2.05, 4.69) is 107 Å². The van der Waals surface area contributed by atoms with Gasteiger partial charge in [0.15, 0.2) is 11.6 Å². The molecule has 1 aliphatic carbocycles. The van der Waals surface area contributed by atoms with E-state index in [0.29, 0.717) is 22.3 Å². The van der Waals surface area contributed by atoms with Gasteiger partial charge in [-0.25, -0.2) is 0 Å². The first-order chi connectivity index (χ1) is 21.1. The summed E-state index contributed by atoms with van der Waals surface area (Å²) in [5, 5.41) is 0. The third-order valence-corrected chi connectivity index (χ3v) is 12.7. The molecule has 0 bridgehead atoms. The molecule has 2 aromatic carbocycles. The van der Waals surface area contributed by atoms with Crippen LogP contribution in [0.4, 0.5) is 0 Å². The van der Waals surface area contributed by atoms with Crippen molar-refractivity contribution in [2.24, 2.45) is 10.8 Å². The maximum Gasteiger partial charge on any atom is 0.194 e. The molecule has 0 aromatic heterocycles. The van der Waals surface area contributed by atoms with Crippen molar-refractivity contribution in [1.82, 2.24) is 0 Å². The van der Waals surface area contributed by atoms with Gasteiger partial charge in [0.2, 0.25) is 0 Å². The van der Waals surface area contributed by atoms with E-state index in [1.165, 1.54) is 11.1 Å². The molecule has 45 heavy (non-hydrogen) atoms. The molecule has 2 unspecified atom stereocenters. The zero-order valence-corrected chi connectivity index (χ0v) is 30.8. The molecule has 246 valence electrons. The van der Waals surface area contributed by atoms with Crippen LogP contribution in [0.2, 0.25) is 0 Å². The smallest absolute Gasteiger partial charge is 0.194 e. The van der Waals surface area contributed by atoms with Gasteiger partial charge in [0, 0.05) is 22.3 Å². The van der Waals surface area contributed by atoms with Gasteiger partial charge in [0.1, 0.15) is 0 Å². The van der Waals surface area contributed by atoms with Crippen molar-refractivity contribution in [3.8, 4) is 0 Å². The second-order valence-electron chi connectivity index (χ2n) is 15.4. The zero-order chi connectivity index (χ0) is 33.8. The minimum atomic E-state index is -0.0785. The molecule has 0 fully saturated rings. The molecular weight excluding hydrogens is 548 g/mol. The molecule has 0 aliphatic heterocycles. The average molecular weight is 611 g/mol. The lowest BCUT2D eigenvalue weighted by atomic mass is 9.71. The van der Waals surface area contributed by atoms with Gasteiger partial charge in [-0.05, 0) is 129 Å². The highest BCUT2D eigenvalue weighted by Crippen LogP contribution is 2.40. The lowest BCUT2D eigenvalue weighted by Crippen LogP contribution is -2.27. The summed E-state index contributed by atoms with van der Waals surface area (Å²) in [5.74, 6) is -0.0514. The maximum atomic E-state index is 14.1. The molecule has 0 spiro atoms. The summed E-state index contributed by atoms with van der Waals surface area (Å²) in [5.41, 5.74) is 7.73. The highest BCUT2D eigenvalue weighted by atomic mass is 16.1. The van der Waals surface area contributed by atoms with Crippen molar-refractivity contribution in [2.45, 2.75) is 152 Å². The molecule has 0 N–H and O–H groups in total. The molecule has 0 saturated carbocycles. The number of carbonyl (C=O) groups excluding carboxylic acids is 2. The Kier molecular flexibility index (Phi) is 11.7. The Morgan fingerprint density at radius 3 is 1.33 bits per heavy atom. The molecule has 2 atom stereocenters. The molecule has 2 nitrogen and oxygen atoms in total. The quantitative estimate of drug-likeness (QED) is 0.160. The van der Waals surface area contributed by atoms with Crippen LogP contribution in [0.3, 0.4) is 0 Å². The normalized spacial score (nSPS) is 17.1. The van der Waals surface area contributed by atoms with Crippen LogP contribution in [0.5, 0.6) is 0 Å². The van der Waals surface area contributed by atoms with Gasteiger partial charge in [-0.1, -0.05) is 105 Å². The predicted molar refractivity (Wildman–Crippen MR) is 194 cm³/mol. The lowest BCUT2D eigenvalue weighted by Gasteiger charge is -2.32. The molecule has 0 saturated heterocycles. The Balaban J connectivity index is 1.92. The van der Waals surface area contributed by atoms with Gasteiger partial charge < -0.3 is 0 Å². The third kappa shape index (κ3) is 7.47. The second-order valence-corrected chi connectivity index (χ2v) is 15.4. The number of rotatable bonds is 15. The van der Waals surface area contributed by atoms with E-state index in [-0.39, 0.29) is 33.2 Å². The van der Waals surface area contributed by atoms with E-state index in [4.69, 9.17) is 0 Å². The number of hydrogen-bond acceptors (Lipinski definition) is 2. The van der Waals surface area contributed by atoms with Crippen LogP contribution >= 0.6 is 0 Å². The summed E-state index contributed by atoms with van der Waals surface area (Å²) >= 11 is 0. The second kappa shape index (κ2) is 14.4. The Morgan fingerprint density at radius 2 is 0.956 bits per heavy atom. The van der Waals surface area contributed by atoms with Crippen LogP contribution in [0.1, 0.15) is 184 Å². The molecular formula is C43H62O2. The number of carbonyl (C=O) groups is 2. The van der Waals surface area contributed by atoms with E-state index in [1.54, 1.807) is 0 Å². The Hall–Kier alpha value is -2.74. The number of fused-ring (bicyclic) bond motifs is 2. The number of benzene rings is 2. The van der Waals surface area contributed by atoms with Gasteiger partial charge in [-0.3, -0.25) is 9.59 Å². The first-order valence-corrected chi connectivity index (χ1v) is 17.8. The Labute approximate surface area is 276 Å². The van der Waals surface area contributed by atoms with Crippen LogP contribution in [-0.2, 0) is 10.8 Å². The van der Waals surface area contributed by atoms with Crippen LogP contribution in [0, 0.1) is 10.8 Å². The Morgan fingerprint density at radius 1 is 0.556 bits per heavy atom. The average Bonchev–Trinajstić information content (AvgIpc) is 3.05. The van der Waals surface area contributed by atoms with Crippen molar-refractivity contribution < 1.29 is 9.59 Å². The molecule has 0 heterocycles. The molecule has 0 radical (unpaired) electrons. The summed E-state index contributed by atoms with van der Waals surface area (Å²) in [6.07, 6.45) is 14.2. The van der Waals surface area contributed by atoms with Crippen molar-refractivity contribution in [1.29, 1.82) is 0 Å².